The fourth-order valence-corrected chi connectivity index (χ4v) is 4.84. The summed E-state index contributed by atoms with van der Waals surface area (Å²) in [5, 5.41) is 3.16. The lowest BCUT2D eigenvalue weighted by atomic mass is 10.1. The molecule has 2 heterocycles. The van der Waals surface area contributed by atoms with Gasteiger partial charge in [0.1, 0.15) is 10.7 Å². The topological polar surface area (TPSA) is 73.0 Å². The lowest BCUT2D eigenvalue weighted by Crippen LogP contribution is -2.48. The molecule has 2 aliphatic heterocycles. The van der Waals surface area contributed by atoms with Crippen molar-refractivity contribution in [2.75, 3.05) is 41.3 Å². The van der Waals surface area contributed by atoms with Crippen LogP contribution in [-0.2, 0) is 9.59 Å². The van der Waals surface area contributed by atoms with E-state index in [9.17, 15) is 14.4 Å². The standard InChI is InChI=1S/C27H21Cl3N4O3/c28-21-10-9-20(16-22(21)29)34-26(36)23(30)24(27(34)37)31-18-6-4-5-17(15-18)25(35)33-13-11-32(12-14-33)19-7-2-1-3-8-19/h1-10,15-16,31H,11-14H2. The van der Waals surface area contributed by atoms with Crippen LogP contribution >= 0.6 is 34.8 Å². The van der Waals surface area contributed by atoms with Crippen LogP contribution in [0.5, 0.6) is 0 Å². The number of hydrogen-bond donors (Lipinski definition) is 1. The third kappa shape index (κ3) is 5.03. The summed E-state index contributed by atoms with van der Waals surface area (Å²) in [6.45, 7) is 2.65. The highest BCUT2D eigenvalue weighted by Crippen LogP contribution is 2.33. The van der Waals surface area contributed by atoms with Crippen molar-refractivity contribution in [3.05, 3.63) is 99.1 Å². The number of nitrogens with zero attached hydrogens (tertiary/aromatic N) is 3. The van der Waals surface area contributed by atoms with Gasteiger partial charge in [-0.1, -0.05) is 59.1 Å². The van der Waals surface area contributed by atoms with Crippen molar-refractivity contribution in [3.63, 3.8) is 0 Å². The van der Waals surface area contributed by atoms with Gasteiger partial charge in [0.05, 0.1) is 15.7 Å². The van der Waals surface area contributed by atoms with Crippen molar-refractivity contribution >= 4 is 69.6 Å². The molecule has 3 aromatic rings. The summed E-state index contributed by atoms with van der Waals surface area (Å²) in [5.74, 6) is -1.43. The maximum atomic E-state index is 13.2. The van der Waals surface area contributed by atoms with Gasteiger partial charge >= 0.3 is 0 Å². The molecule has 3 aromatic carbocycles. The molecular formula is C27H21Cl3N4O3. The second-order valence-electron chi connectivity index (χ2n) is 8.55. The summed E-state index contributed by atoms with van der Waals surface area (Å²) in [7, 11) is 0. The molecule has 188 valence electrons. The molecule has 2 aliphatic rings. The fourth-order valence-electron chi connectivity index (χ4n) is 4.33. The third-order valence-corrected chi connectivity index (χ3v) is 7.35. The van der Waals surface area contributed by atoms with E-state index < -0.39 is 11.8 Å². The predicted molar refractivity (Wildman–Crippen MR) is 146 cm³/mol. The number of hydrogen-bond acceptors (Lipinski definition) is 5. The van der Waals surface area contributed by atoms with Crippen molar-refractivity contribution in [1.82, 2.24) is 4.90 Å². The number of halogens is 3. The van der Waals surface area contributed by atoms with E-state index in [-0.39, 0.29) is 27.3 Å². The zero-order chi connectivity index (χ0) is 26.1. The molecule has 0 aliphatic carbocycles. The van der Waals surface area contributed by atoms with E-state index in [0.29, 0.717) is 29.4 Å². The molecule has 5 rings (SSSR count). The van der Waals surface area contributed by atoms with Crippen molar-refractivity contribution in [2.45, 2.75) is 0 Å². The molecule has 1 saturated heterocycles. The second-order valence-corrected chi connectivity index (χ2v) is 9.75. The number of nitrogens with one attached hydrogen (secondary N) is 1. The minimum Gasteiger partial charge on any atom is -0.368 e. The highest BCUT2D eigenvalue weighted by Gasteiger charge is 2.39. The molecule has 37 heavy (non-hydrogen) atoms. The lowest BCUT2D eigenvalue weighted by molar-refractivity contribution is -0.120. The van der Waals surface area contributed by atoms with E-state index in [0.717, 1.165) is 23.7 Å². The average Bonchev–Trinajstić information content (AvgIpc) is 3.13. The minimum atomic E-state index is -0.684. The third-order valence-electron chi connectivity index (χ3n) is 6.26. The number of piperazine rings is 1. The summed E-state index contributed by atoms with van der Waals surface area (Å²) < 4.78 is 0. The van der Waals surface area contributed by atoms with Crippen LogP contribution in [0.4, 0.5) is 17.1 Å². The van der Waals surface area contributed by atoms with Gasteiger partial charge in [-0.2, -0.15) is 0 Å². The van der Waals surface area contributed by atoms with E-state index in [2.05, 4.69) is 22.3 Å². The van der Waals surface area contributed by atoms with Crippen molar-refractivity contribution in [2.24, 2.45) is 0 Å². The molecule has 7 nitrogen and oxygen atoms in total. The van der Waals surface area contributed by atoms with Crippen LogP contribution in [0.1, 0.15) is 10.4 Å². The van der Waals surface area contributed by atoms with Crippen molar-refractivity contribution in [1.29, 1.82) is 0 Å². The van der Waals surface area contributed by atoms with Crippen LogP contribution in [0, 0.1) is 0 Å². The average molecular weight is 556 g/mol. The number of para-hydroxylation sites is 1. The van der Waals surface area contributed by atoms with Gasteiger partial charge in [0.2, 0.25) is 0 Å². The molecule has 1 N–H and O–H groups in total. The van der Waals surface area contributed by atoms with E-state index >= 15 is 0 Å². The first kappa shape index (κ1) is 25.1. The fraction of sp³-hybridized carbons (Fsp3) is 0.148. The summed E-state index contributed by atoms with van der Waals surface area (Å²) in [5.41, 5.74) is 2.22. The quantitative estimate of drug-likeness (QED) is 0.427. The Hall–Kier alpha value is -3.52. The summed E-state index contributed by atoms with van der Waals surface area (Å²) in [6, 6.07) is 21.3. The first-order valence-corrected chi connectivity index (χ1v) is 12.7. The van der Waals surface area contributed by atoms with Gasteiger partial charge in [0.25, 0.3) is 17.7 Å². The molecule has 0 bridgehead atoms. The van der Waals surface area contributed by atoms with Crippen LogP contribution in [0.3, 0.4) is 0 Å². The summed E-state index contributed by atoms with van der Waals surface area (Å²) in [6.07, 6.45) is 0. The van der Waals surface area contributed by atoms with Gasteiger partial charge in [-0.05, 0) is 48.5 Å². The summed E-state index contributed by atoms with van der Waals surface area (Å²) in [4.78, 5) is 44.0. The molecule has 0 unspecified atom stereocenters. The number of anilines is 3. The minimum absolute atomic E-state index is 0.0844. The van der Waals surface area contributed by atoms with Gasteiger partial charge in [0, 0.05) is 43.1 Å². The molecule has 0 spiro atoms. The molecule has 0 aromatic heterocycles. The second kappa shape index (κ2) is 10.5. The van der Waals surface area contributed by atoms with Gasteiger partial charge < -0.3 is 15.1 Å². The Balaban J connectivity index is 1.28. The molecule has 0 radical (unpaired) electrons. The van der Waals surface area contributed by atoms with E-state index in [4.69, 9.17) is 34.8 Å². The number of benzene rings is 3. The first-order valence-electron chi connectivity index (χ1n) is 11.5. The molecular weight excluding hydrogens is 535 g/mol. The first-order chi connectivity index (χ1) is 17.8. The van der Waals surface area contributed by atoms with Crippen LogP contribution in [0.2, 0.25) is 10.0 Å². The van der Waals surface area contributed by atoms with E-state index in [1.165, 1.54) is 18.2 Å². The number of rotatable bonds is 5. The highest BCUT2D eigenvalue weighted by atomic mass is 35.5. The lowest BCUT2D eigenvalue weighted by Gasteiger charge is -2.36. The van der Waals surface area contributed by atoms with Crippen molar-refractivity contribution < 1.29 is 14.4 Å². The SMILES string of the molecule is O=C(c1cccc(NC2=C(Cl)C(=O)N(c3ccc(Cl)c(Cl)c3)C2=O)c1)N1CCN(c2ccccc2)CC1. The Kier molecular flexibility index (Phi) is 7.11. The van der Waals surface area contributed by atoms with Gasteiger partial charge in [-0.3, -0.25) is 14.4 Å². The van der Waals surface area contributed by atoms with Gasteiger partial charge in [-0.15, -0.1) is 0 Å². The molecule has 0 saturated carbocycles. The zero-order valence-electron chi connectivity index (χ0n) is 19.5. The maximum Gasteiger partial charge on any atom is 0.283 e. The van der Waals surface area contributed by atoms with Crippen LogP contribution in [0.15, 0.2) is 83.5 Å². The number of carbonyl (C=O) groups excluding carboxylic acids is 3. The van der Waals surface area contributed by atoms with E-state index in [1.54, 1.807) is 29.2 Å². The largest absolute Gasteiger partial charge is 0.368 e. The van der Waals surface area contributed by atoms with E-state index in [1.807, 2.05) is 18.2 Å². The molecule has 10 heteroatoms. The monoisotopic (exact) mass is 554 g/mol. The van der Waals surface area contributed by atoms with Crippen molar-refractivity contribution in [3.8, 4) is 0 Å². The van der Waals surface area contributed by atoms with Crippen LogP contribution in [0.25, 0.3) is 0 Å². The molecule has 3 amide bonds. The number of imide groups is 1. The van der Waals surface area contributed by atoms with Gasteiger partial charge in [0.15, 0.2) is 0 Å². The highest BCUT2D eigenvalue weighted by molar-refractivity contribution is 6.53. The number of carbonyl (C=O) groups is 3. The van der Waals surface area contributed by atoms with Crippen LogP contribution < -0.4 is 15.1 Å². The Morgan fingerprint density at radius 1 is 0.730 bits per heavy atom. The van der Waals surface area contributed by atoms with Gasteiger partial charge in [-0.25, -0.2) is 4.90 Å². The Labute approximate surface area is 228 Å². The molecule has 0 atom stereocenters. The molecule has 1 fully saturated rings. The Bertz CT molecular complexity index is 1420. The zero-order valence-corrected chi connectivity index (χ0v) is 21.7. The number of amides is 3. The maximum absolute atomic E-state index is 13.2. The smallest absolute Gasteiger partial charge is 0.283 e. The Morgan fingerprint density at radius 3 is 2.16 bits per heavy atom. The van der Waals surface area contributed by atoms with Crippen LogP contribution in [-0.4, -0.2) is 48.8 Å². The Morgan fingerprint density at radius 2 is 1.46 bits per heavy atom. The summed E-state index contributed by atoms with van der Waals surface area (Å²) >= 11 is 18.3. The predicted octanol–water partition coefficient (Wildman–Crippen LogP) is 5.39. The normalized spacial score (nSPS) is 16.0.